The molecule has 3 rings (SSSR count). The van der Waals surface area contributed by atoms with E-state index in [9.17, 15) is 13.2 Å². The molecule has 1 aromatic rings. The number of benzene rings is 1. The van der Waals surface area contributed by atoms with Crippen molar-refractivity contribution in [1.29, 1.82) is 0 Å². The van der Waals surface area contributed by atoms with Crippen LogP contribution in [0.4, 0.5) is 0 Å². The number of carbonyl (C=O) groups excluding carboxylic acids is 1. The molecule has 2 aliphatic carbocycles. The normalized spacial score (nSPS) is 18.1. The molecule has 2 aliphatic rings. The Hall–Kier alpha value is -2.08. The van der Waals surface area contributed by atoms with Gasteiger partial charge in [-0.2, -0.15) is 0 Å². The molecule has 152 valence electrons. The van der Waals surface area contributed by atoms with E-state index in [0.717, 1.165) is 30.3 Å². The van der Waals surface area contributed by atoms with E-state index in [0.29, 0.717) is 29.8 Å². The summed E-state index contributed by atoms with van der Waals surface area (Å²) >= 11 is 0. The summed E-state index contributed by atoms with van der Waals surface area (Å²) in [5.74, 6) is 1.59. The number of carbonyl (C=O) groups is 1. The molecule has 0 saturated heterocycles. The van der Waals surface area contributed by atoms with Crippen LogP contribution in [0.15, 0.2) is 40.9 Å². The number of rotatable bonds is 10. The second-order valence-electron chi connectivity index (χ2n) is 7.90. The first-order valence-electron chi connectivity index (χ1n) is 9.89. The zero-order valence-corrected chi connectivity index (χ0v) is 17.7. The van der Waals surface area contributed by atoms with Gasteiger partial charge >= 0.3 is 0 Å². The highest BCUT2D eigenvalue weighted by atomic mass is 32.2. The van der Waals surface area contributed by atoms with Crippen LogP contribution in [0.1, 0.15) is 38.2 Å². The topological polar surface area (TPSA) is 63.7 Å². The Morgan fingerprint density at radius 1 is 1.21 bits per heavy atom. The Bertz CT molecular complexity index is 891. The Labute approximate surface area is 168 Å². The number of sulfone groups is 1. The van der Waals surface area contributed by atoms with Gasteiger partial charge in [-0.15, -0.1) is 0 Å². The molecule has 2 fully saturated rings. The Morgan fingerprint density at radius 2 is 1.93 bits per heavy atom. The van der Waals surface area contributed by atoms with Crippen molar-refractivity contribution < 1.29 is 17.9 Å². The van der Waals surface area contributed by atoms with Crippen molar-refractivity contribution in [3.8, 4) is 5.75 Å². The predicted molar refractivity (Wildman–Crippen MR) is 111 cm³/mol. The molecule has 0 spiro atoms. The lowest BCUT2D eigenvalue weighted by molar-refractivity contribution is -0.105. The highest BCUT2D eigenvalue weighted by Gasteiger charge is 2.27. The van der Waals surface area contributed by atoms with Crippen LogP contribution >= 0.6 is 0 Å². The smallest absolute Gasteiger partial charge is 0.178 e. The largest absolute Gasteiger partial charge is 0.493 e. The maximum absolute atomic E-state index is 12.4. The molecular formula is C22H29NO4S. The van der Waals surface area contributed by atoms with Gasteiger partial charge in [0.2, 0.25) is 0 Å². The van der Waals surface area contributed by atoms with E-state index in [1.807, 2.05) is 31.3 Å². The minimum atomic E-state index is -3.34. The third-order valence-electron chi connectivity index (χ3n) is 5.08. The van der Waals surface area contributed by atoms with Gasteiger partial charge in [0, 0.05) is 31.4 Å². The maximum Gasteiger partial charge on any atom is 0.178 e. The summed E-state index contributed by atoms with van der Waals surface area (Å²) in [6.07, 6.45) is 9.10. The fourth-order valence-electron chi connectivity index (χ4n) is 3.02. The molecule has 0 aliphatic heterocycles. The minimum Gasteiger partial charge on any atom is -0.493 e. The van der Waals surface area contributed by atoms with E-state index in [2.05, 4.69) is 0 Å². The zero-order valence-electron chi connectivity index (χ0n) is 16.8. The summed E-state index contributed by atoms with van der Waals surface area (Å²) in [7, 11) is 0.468. The molecule has 2 saturated carbocycles. The number of allylic oxidation sites excluding steroid dienone is 3. The van der Waals surface area contributed by atoms with Gasteiger partial charge in [-0.1, -0.05) is 6.92 Å². The minimum absolute atomic E-state index is 0.0406. The van der Waals surface area contributed by atoms with Crippen LogP contribution in [-0.4, -0.2) is 46.1 Å². The van der Waals surface area contributed by atoms with E-state index in [1.165, 1.54) is 12.8 Å². The SMILES string of the molecule is CCS(=O)(=O)c1ccc(OCC2CC2)c(C(/C=C(\C=O)C2CC2)=C/N(C)C)c1. The zero-order chi connectivity index (χ0) is 20.3. The maximum atomic E-state index is 12.4. The van der Waals surface area contributed by atoms with Gasteiger partial charge in [0.05, 0.1) is 17.3 Å². The highest BCUT2D eigenvalue weighted by molar-refractivity contribution is 7.91. The first kappa shape index (κ1) is 20.6. The molecule has 1 aromatic carbocycles. The Balaban J connectivity index is 2.08. The summed E-state index contributed by atoms with van der Waals surface area (Å²) in [4.78, 5) is 13.8. The number of aldehydes is 1. The van der Waals surface area contributed by atoms with Crippen LogP contribution in [-0.2, 0) is 14.6 Å². The van der Waals surface area contributed by atoms with Crippen molar-refractivity contribution in [1.82, 2.24) is 4.90 Å². The third-order valence-corrected chi connectivity index (χ3v) is 6.81. The molecule has 28 heavy (non-hydrogen) atoms. The molecule has 0 bridgehead atoms. The van der Waals surface area contributed by atoms with Gasteiger partial charge in [0.1, 0.15) is 12.0 Å². The van der Waals surface area contributed by atoms with E-state index >= 15 is 0 Å². The van der Waals surface area contributed by atoms with Gasteiger partial charge in [-0.25, -0.2) is 8.42 Å². The molecule has 0 radical (unpaired) electrons. The first-order valence-corrected chi connectivity index (χ1v) is 11.5. The van der Waals surface area contributed by atoms with E-state index in [1.54, 1.807) is 25.1 Å². The summed E-state index contributed by atoms with van der Waals surface area (Å²) in [6, 6.07) is 5.04. The van der Waals surface area contributed by atoms with Crippen LogP contribution in [0.2, 0.25) is 0 Å². The summed E-state index contributed by atoms with van der Waals surface area (Å²) in [5, 5.41) is 0. The van der Waals surface area contributed by atoms with Crippen LogP contribution in [0.3, 0.4) is 0 Å². The standard InChI is InChI=1S/C22H29NO4S/c1-4-28(25,26)20-9-10-22(27-15-16-5-6-16)21(12-20)18(13-23(2)3)11-19(14-24)17-7-8-17/h9-14,16-17H,4-8,15H2,1-3H3/b18-13+,19-11+. The van der Waals surface area contributed by atoms with Crippen LogP contribution < -0.4 is 4.74 Å². The molecule has 0 N–H and O–H groups in total. The van der Waals surface area contributed by atoms with Crippen molar-refractivity contribution in [3.63, 3.8) is 0 Å². The highest BCUT2D eigenvalue weighted by Crippen LogP contribution is 2.39. The number of nitrogens with zero attached hydrogens (tertiary/aromatic N) is 1. The van der Waals surface area contributed by atoms with E-state index in [4.69, 9.17) is 4.74 Å². The van der Waals surface area contributed by atoms with E-state index < -0.39 is 9.84 Å². The predicted octanol–water partition coefficient (Wildman–Crippen LogP) is 3.71. The summed E-state index contributed by atoms with van der Waals surface area (Å²) in [5.41, 5.74) is 2.26. The van der Waals surface area contributed by atoms with Crippen molar-refractivity contribution >= 4 is 21.7 Å². The first-order chi connectivity index (χ1) is 13.3. The van der Waals surface area contributed by atoms with Gasteiger partial charge in [0.15, 0.2) is 9.84 Å². The number of hydrogen-bond acceptors (Lipinski definition) is 5. The van der Waals surface area contributed by atoms with Crippen molar-refractivity contribution in [2.75, 3.05) is 26.5 Å². The molecule has 0 aromatic heterocycles. The quantitative estimate of drug-likeness (QED) is 0.339. The second-order valence-corrected chi connectivity index (χ2v) is 10.2. The average Bonchev–Trinajstić information content (AvgIpc) is 3.56. The molecule has 5 nitrogen and oxygen atoms in total. The summed E-state index contributed by atoms with van der Waals surface area (Å²) < 4.78 is 30.9. The molecule has 6 heteroatoms. The Kier molecular flexibility index (Phi) is 6.28. The lowest BCUT2D eigenvalue weighted by atomic mass is 10.0. The van der Waals surface area contributed by atoms with Gasteiger partial charge in [-0.3, -0.25) is 4.79 Å². The van der Waals surface area contributed by atoms with Crippen LogP contribution in [0.5, 0.6) is 5.75 Å². The molecule has 0 unspecified atom stereocenters. The van der Waals surface area contributed by atoms with Crippen molar-refractivity contribution in [3.05, 3.63) is 41.6 Å². The second kappa shape index (κ2) is 8.52. The van der Waals surface area contributed by atoms with Gasteiger partial charge < -0.3 is 9.64 Å². The number of ether oxygens (including phenoxy) is 1. The summed E-state index contributed by atoms with van der Waals surface area (Å²) in [6.45, 7) is 2.27. The van der Waals surface area contributed by atoms with E-state index in [-0.39, 0.29) is 10.6 Å². The Morgan fingerprint density at radius 3 is 2.46 bits per heavy atom. The molecule has 0 amide bonds. The monoisotopic (exact) mass is 403 g/mol. The third kappa shape index (κ3) is 5.25. The molecule has 0 heterocycles. The number of hydrogen-bond donors (Lipinski definition) is 0. The fourth-order valence-corrected chi connectivity index (χ4v) is 3.93. The van der Waals surface area contributed by atoms with Crippen LogP contribution in [0, 0.1) is 11.8 Å². The van der Waals surface area contributed by atoms with Crippen LogP contribution in [0.25, 0.3) is 5.57 Å². The molecule has 0 atom stereocenters. The fraction of sp³-hybridized carbons (Fsp3) is 0.500. The average molecular weight is 404 g/mol. The lowest BCUT2D eigenvalue weighted by Crippen LogP contribution is -2.08. The lowest BCUT2D eigenvalue weighted by Gasteiger charge is -2.16. The molecular weight excluding hydrogens is 374 g/mol. The van der Waals surface area contributed by atoms with Gasteiger partial charge in [-0.05, 0) is 67.4 Å². The van der Waals surface area contributed by atoms with Crippen molar-refractivity contribution in [2.45, 2.75) is 37.5 Å². The van der Waals surface area contributed by atoms with Gasteiger partial charge in [0.25, 0.3) is 0 Å². The van der Waals surface area contributed by atoms with Crippen molar-refractivity contribution in [2.24, 2.45) is 11.8 Å².